The first-order valence-corrected chi connectivity index (χ1v) is 11.4. The molecule has 0 saturated carbocycles. The van der Waals surface area contributed by atoms with Crippen molar-refractivity contribution in [3.8, 4) is 11.1 Å². The number of fused-ring (bicyclic) bond motifs is 3. The number of hydrogen-bond acceptors (Lipinski definition) is 5. The topological polar surface area (TPSA) is 90.3 Å². The van der Waals surface area contributed by atoms with Crippen LogP contribution in [-0.2, 0) is 24.1 Å². The van der Waals surface area contributed by atoms with Gasteiger partial charge in [-0.3, -0.25) is 19.4 Å². The third-order valence-electron chi connectivity index (χ3n) is 6.35. The van der Waals surface area contributed by atoms with Crippen molar-refractivity contribution in [2.75, 3.05) is 11.9 Å². The molecule has 5 rings (SSSR count). The number of hydrogen-bond donors (Lipinski definition) is 1. The van der Waals surface area contributed by atoms with Crippen molar-refractivity contribution in [3.05, 3.63) is 93.0 Å². The van der Waals surface area contributed by atoms with Crippen molar-refractivity contribution in [3.63, 3.8) is 0 Å². The predicted molar refractivity (Wildman–Crippen MR) is 133 cm³/mol. The molecule has 4 aromatic rings. The number of carbonyl (C=O) groups excluding carboxylic acids is 2. The average molecular weight is 509 g/mol. The Labute approximate surface area is 210 Å². The van der Waals surface area contributed by atoms with Gasteiger partial charge in [0.1, 0.15) is 5.69 Å². The summed E-state index contributed by atoms with van der Waals surface area (Å²) in [6, 6.07) is 12.4. The van der Waals surface area contributed by atoms with Crippen LogP contribution in [-0.4, -0.2) is 28.4 Å². The lowest BCUT2D eigenvalue weighted by Gasteiger charge is -2.23. The minimum absolute atomic E-state index is 0. The highest BCUT2D eigenvalue weighted by Gasteiger charge is 2.33. The van der Waals surface area contributed by atoms with Crippen molar-refractivity contribution in [1.82, 2.24) is 9.55 Å². The second kappa shape index (κ2) is 9.29. The fourth-order valence-corrected chi connectivity index (χ4v) is 4.48. The smallest absolute Gasteiger partial charge is 0.373 e. The maximum atomic E-state index is 13.0. The molecule has 0 saturated heterocycles. The summed E-state index contributed by atoms with van der Waals surface area (Å²) < 4.78 is 46.3. The van der Waals surface area contributed by atoms with E-state index in [-0.39, 0.29) is 24.6 Å². The summed E-state index contributed by atoms with van der Waals surface area (Å²) in [6.45, 7) is 2.97. The number of nitrogens with zero attached hydrogens (tertiary/aromatic N) is 2. The fourth-order valence-electron chi connectivity index (χ4n) is 4.48. The molecule has 2 aromatic heterocycles. The van der Waals surface area contributed by atoms with E-state index in [2.05, 4.69) is 10.3 Å². The van der Waals surface area contributed by atoms with Crippen LogP contribution in [0.15, 0.2) is 59.5 Å². The zero-order valence-corrected chi connectivity index (χ0v) is 19.6. The maximum absolute atomic E-state index is 13.0. The Kier molecular flexibility index (Phi) is 6.12. The van der Waals surface area contributed by atoms with E-state index in [1.807, 2.05) is 17.6 Å². The van der Waals surface area contributed by atoms with Crippen molar-refractivity contribution >= 4 is 28.8 Å². The quantitative estimate of drug-likeness (QED) is 0.381. The lowest BCUT2D eigenvalue weighted by atomic mass is 9.97. The van der Waals surface area contributed by atoms with Gasteiger partial charge in [-0.15, -0.1) is 0 Å². The van der Waals surface area contributed by atoms with Crippen molar-refractivity contribution < 1.29 is 28.9 Å². The van der Waals surface area contributed by atoms with Crippen LogP contribution in [0.25, 0.3) is 22.0 Å². The summed E-state index contributed by atoms with van der Waals surface area (Å²) in [4.78, 5) is 40.5. The van der Waals surface area contributed by atoms with E-state index in [9.17, 15) is 27.6 Å². The number of aryl methyl sites for hydroxylation is 1. The van der Waals surface area contributed by atoms with Crippen LogP contribution in [0.3, 0.4) is 0 Å². The second-order valence-electron chi connectivity index (χ2n) is 8.65. The number of aromatic nitrogens is 2. The largest absolute Gasteiger partial charge is 0.433 e. The van der Waals surface area contributed by atoms with E-state index in [0.717, 1.165) is 22.9 Å². The van der Waals surface area contributed by atoms with Crippen LogP contribution in [0, 0.1) is 6.92 Å². The van der Waals surface area contributed by atoms with Crippen molar-refractivity contribution in [2.45, 2.75) is 26.3 Å². The third kappa shape index (κ3) is 4.51. The number of benzene rings is 2. The number of aldehydes is 1. The van der Waals surface area contributed by atoms with Gasteiger partial charge in [-0.05, 0) is 60.0 Å². The van der Waals surface area contributed by atoms with Gasteiger partial charge in [-0.2, -0.15) is 13.2 Å². The molecule has 0 fully saturated rings. The zero-order valence-electron chi connectivity index (χ0n) is 19.6. The number of amides is 1. The Hall–Kier alpha value is -4.31. The molecule has 0 bridgehead atoms. The number of ether oxygens (including phenoxy) is 1. The zero-order chi connectivity index (χ0) is 26.3. The fraction of sp³-hybridized carbons (Fsp3) is 0.185. The van der Waals surface area contributed by atoms with Gasteiger partial charge in [-0.1, -0.05) is 12.1 Å². The summed E-state index contributed by atoms with van der Waals surface area (Å²) in [5.74, 6) is -0.705. The molecule has 0 radical (unpaired) electrons. The molecule has 0 unspecified atom stereocenters. The van der Waals surface area contributed by atoms with E-state index < -0.39 is 17.8 Å². The number of anilines is 1. The lowest BCUT2D eigenvalue weighted by Crippen LogP contribution is -2.26. The van der Waals surface area contributed by atoms with Gasteiger partial charge in [0.25, 0.3) is 5.91 Å². The summed E-state index contributed by atoms with van der Waals surface area (Å²) in [5, 5.41) is 3.05. The lowest BCUT2D eigenvalue weighted by molar-refractivity contribution is -0.141. The summed E-state index contributed by atoms with van der Waals surface area (Å²) >= 11 is 0. The first kappa shape index (κ1) is 24.4. The Morgan fingerprint density at radius 2 is 1.97 bits per heavy atom. The number of pyridine rings is 2. The molecule has 2 aromatic carbocycles. The number of rotatable bonds is 4. The standard InChI is InChI=1S/C27H20F3N3O4.H2/c1-15-2-4-18(32-26(36)17-6-7-31-24(11-17)27(28,29)30)12-20(15)16-3-5-19-22(10-16)33-8-9-37-14-23(33)21(13-34)25(19)35;/h2-7,10-13H,8-9,14H2,1H3,(H,32,36);1H. The van der Waals surface area contributed by atoms with Crippen LogP contribution in [0.1, 0.15) is 39.1 Å². The summed E-state index contributed by atoms with van der Waals surface area (Å²) in [7, 11) is 0. The second-order valence-corrected chi connectivity index (χ2v) is 8.65. The molecular weight excluding hydrogens is 487 g/mol. The van der Waals surface area contributed by atoms with Gasteiger partial charge in [0, 0.05) is 30.8 Å². The molecule has 1 N–H and O–H groups in total. The van der Waals surface area contributed by atoms with E-state index in [0.29, 0.717) is 47.8 Å². The average Bonchev–Trinajstić information content (AvgIpc) is 2.89. The molecule has 10 heteroatoms. The van der Waals surface area contributed by atoms with Crippen LogP contribution in [0.5, 0.6) is 0 Å². The summed E-state index contributed by atoms with van der Waals surface area (Å²) in [6.07, 6.45) is -3.16. The minimum atomic E-state index is -4.66. The molecule has 1 amide bonds. The van der Waals surface area contributed by atoms with Crippen molar-refractivity contribution in [2.24, 2.45) is 0 Å². The molecule has 0 spiro atoms. The number of nitrogens with one attached hydrogen (secondary N) is 1. The van der Waals surface area contributed by atoms with Gasteiger partial charge in [0.05, 0.1) is 30.0 Å². The highest BCUT2D eigenvalue weighted by Crippen LogP contribution is 2.31. The Morgan fingerprint density at radius 3 is 2.73 bits per heavy atom. The molecular formula is C27H22F3N3O4. The van der Waals surface area contributed by atoms with Gasteiger partial charge in [0.15, 0.2) is 11.7 Å². The molecule has 1 aliphatic heterocycles. The minimum Gasteiger partial charge on any atom is -0.373 e. The first-order valence-electron chi connectivity index (χ1n) is 11.4. The Bertz CT molecular complexity index is 1630. The number of alkyl halides is 3. The highest BCUT2D eigenvalue weighted by molar-refractivity contribution is 6.04. The normalized spacial score (nSPS) is 13.3. The van der Waals surface area contributed by atoms with Crippen LogP contribution >= 0.6 is 0 Å². The molecule has 3 heterocycles. The van der Waals surface area contributed by atoms with Crippen LogP contribution in [0.2, 0.25) is 0 Å². The predicted octanol–water partition coefficient (Wildman–Crippen LogP) is 5.23. The molecule has 0 aliphatic carbocycles. The number of halogens is 3. The van der Waals surface area contributed by atoms with E-state index in [4.69, 9.17) is 4.74 Å². The molecule has 7 nitrogen and oxygen atoms in total. The Balaban J connectivity index is 0.00000336. The van der Waals surface area contributed by atoms with Crippen molar-refractivity contribution in [1.29, 1.82) is 0 Å². The molecule has 37 heavy (non-hydrogen) atoms. The van der Waals surface area contributed by atoms with E-state index >= 15 is 0 Å². The van der Waals surface area contributed by atoms with E-state index in [1.54, 1.807) is 30.3 Å². The van der Waals surface area contributed by atoms with Crippen LogP contribution < -0.4 is 10.7 Å². The molecule has 190 valence electrons. The monoisotopic (exact) mass is 509 g/mol. The van der Waals surface area contributed by atoms with Crippen LogP contribution in [0.4, 0.5) is 18.9 Å². The molecule has 0 atom stereocenters. The number of carbonyl (C=O) groups is 2. The van der Waals surface area contributed by atoms with E-state index in [1.165, 1.54) is 6.07 Å². The molecule has 1 aliphatic rings. The highest BCUT2D eigenvalue weighted by atomic mass is 19.4. The van der Waals surface area contributed by atoms with Gasteiger partial charge in [0.2, 0.25) is 0 Å². The SMILES string of the molecule is Cc1ccc(NC(=O)c2ccnc(C(F)(F)F)c2)cc1-c1ccc2c(=O)c(C=O)c3n(c2c1)CCOC3.[HH]. The third-order valence-corrected chi connectivity index (χ3v) is 6.35. The van der Waals surface area contributed by atoms with Gasteiger partial charge >= 0.3 is 6.18 Å². The Morgan fingerprint density at radius 1 is 1.16 bits per heavy atom. The maximum Gasteiger partial charge on any atom is 0.433 e. The first-order chi connectivity index (χ1) is 17.7. The van der Waals surface area contributed by atoms with Gasteiger partial charge in [-0.25, -0.2) is 0 Å². The summed E-state index contributed by atoms with van der Waals surface area (Å²) in [5.41, 5.74) is 2.40. The van der Waals surface area contributed by atoms with Gasteiger partial charge < -0.3 is 14.6 Å².